The van der Waals surface area contributed by atoms with Crippen molar-refractivity contribution in [2.24, 2.45) is 5.41 Å². The topological polar surface area (TPSA) is 137 Å². The van der Waals surface area contributed by atoms with Crippen LogP contribution in [0.3, 0.4) is 0 Å². The Kier molecular flexibility index (Phi) is 7.10. The number of thiazole rings is 1. The number of hydrogen-bond donors (Lipinski definition) is 2. The SMILES string of the molecule is CC1(C)COCC[C@@H]1Nc1c(C#N)cnc2c(C#N)cc(NC(c3cn(C4(C(F)(F)F)CC4)nn3)c3cccc4ncsc34)cc12. The third kappa shape index (κ3) is 4.98. The Hall–Kier alpha value is -4.79. The Morgan fingerprint density at radius 3 is 2.65 bits per heavy atom. The van der Waals surface area contributed by atoms with Gasteiger partial charge in [0.15, 0.2) is 5.54 Å². The molecule has 3 aromatic heterocycles. The van der Waals surface area contributed by atoms with E-state index in [4.69, 9.17) is 4.74 Å². The van der Waals surface area contributed by atoms with Crippen molar-refractivity contribution in [2.45, 2.75) is 56.9 Å². The van der Waals surface area contributed by atoms with Crippen LogP contribution in [-0.4, -0.2) is 50.4 Å². The summed E-state index contributed by atoms with van der Waals surface area (Å²) in [5.74, 6) is 0. The molecule has 1 unspecified atom stereocenters. The molecule has 2 aromatic carbocycles. The molecule has 0 radical (unpaired) electrons. The monoisotopic (exact) mass is 643 g/mol. The number of nitrogens with zero attached hydrogens (tertiary/aromatic N) is 7. The lowest BCUT2D eigenvalue weighted by Gasteiger charge is -2.39. The molecule has 4 heterocycles. The maximum atomic E-state index is 14.0. The van der Waals surface area contributed by atoms with Gasteiger partial charge in [-0.15, -0.1) is 16.4 Å². The summed E-state index contributed by atoms with van der Waals surface area (Å²) in [7, 11) is 0. The molecule has 5 aromatic rings. The molecule has 7 rings (SSSR count). The zero-order chi connectivity index (χ0) is 32.3. The number of nitrogens with one attached hydrogen (secondary N) is 2. The lowest BCUT2D eigenvalue weighted by Crippen LogP contribution is -2.44. The van der Waals surface area contributed by atoms with Crippen molar-refractivity contribution in [1.29, 1.82) is 10.5 Å². The number of hydrogen-bond acceptors (Lipinski definition) is 10. The molecule has 1 saturated heterocycles. The minimum Gasteiger partial charge on any atom is -0.381 e. The predicted octanol–water partition coefficient (Wildman–Crippen LogP) is 6.66. The number of halogens is 3. The summed E-state index contributed by atoms with van der Waals surface area (Å²) < 4.78 is 49.4. The molecule has 0 spiro atoms. The number of nitriles is 2. The van der Waals surface area contributed by atoms with Crippen LogP contribution in [0.4, 0.5) is 24.5 Å². The highest BCUT2D eigenvalue weighted by Gasteiger charge is 2.66. The van der Waals surface area contributed by atoms with Crippen LogP contribution in [0.5, 0.6) is 0 Å². The molecule has 2 atom stereocenters. The average Bonchev–Trinajstić information content (AvgIpc) is 3.47. The van der Waals surface area contributed by atoms with Gasteiger partial charge in [-0.2, -0.15) is 23.7 Å². The second kappa shape index (κ2) is 10.9. The molecule has 234 valence electrons. The molecule has 46 heavy (non-hydrogen) atoms. The van der Waals surface area contributed by atoms with Crippen molar-refractivity contribution in [3.63, 3.8) is 0 Å². The van der Waals surface area contributed by atoms with Crippen LogP contribution in [0.25, 0.3) is 21.1 Å². The van der Waals surface area contributed by atoms with Crippen molar-refractivity contribution in [3.8, 4) is 12.1 Å². The Labute approximate surface area is 265 Å². The summed E-state index contributed by atoms with van der Waals surface area (Å²) in [5, 5.41) is 36.0. The first-order valence-electron chi connectivity index (χ1n) is 14.7. The van der Waals surface area contributed by atoms with Gasteiger partial charge >= 0.3 is 6.18 Å². The predicted molar refractivity (Wildman–Crippen MR) is 166 cm³/mol. The van der Waals surface area contributed by atoms with E-state index in [0.29, 0.717) is 41.1 Å². The van der Waals surface area contributed by atoms with Crippen LogP contribution in [0.2, 0.25) is 0 Å². The summed E-state index contributed by atoms with van der Waals surface area (Å²) in [6, 6.07) is 12.7. The van der Waals surface area contributed by atoms with Crippen LogP contribution < -0.4 is 10.6 Å². The van der Waals surface area contributed by atoms with Crippen LogP contribution in [0.15, 0.2) is 48.2 Å². The van der Waals surface area contributed by atoms with E-state index in [1.807, 2.05) is 18.2 Å². The highest BCUT2D eigenvalue weighted by Crippen LogP contribution is 2.55. The molecular weight excluding hydrogens is 615 g/mol. The zero-order valence-electron chi connectivity index (χ0n) is 24.9. The fourth-order valence-corrected chi connectivity index (χ4v) is 7.01. The number of aromatic nitrogens is 5. The van der Waals surface area contributed by atoms with Crippen LogP contribution >= 0.6 is 11.3 Å². The molecular formula is C32H28F3N9OS. The van der Waals surface area contributed by atoms with E-state index in [0.717, 1.165) is 26.9 Å². The van der Waals surface area contributed by atoms with Gasteiger partial charge in [-0.05, 0) is 43.0 Å². The maximum absolute atomic E-state index is 14.0. The summed E-state index contributed by atoms with van der Waals surface area (Å²) in [4.78, 5) is 8.88. The molecule has 10 nitrogen and oxygen atoms in total. The van der Waals surface area contributed by atoms with Crippen molar-refractivity contribution in [2.75, 3.05) is 23.8 Å². The van der Waals surface area contributed by atoms with Crippen molar-refractivity contribution >= 4 is 43.8 Å². The molecule has 2 fully saturated rings. The normalized spacial score (nSPS) is 19.3. The van der Waals surface area contributed by atoms with Gasteiger partial charge in [-0.1, -0.05) is 31.2 Å². The van der Waals surface area contributed by atoms with Gasteiger partial charge in [0.25, 0.3) is 0 Å². The second-order valence-corrected chi connectivity index (χ2v) is 13.3. The minimum absolute atomic E-state index is 0.0174. The van der Waals surface area contributed by atoms with Crippen LogP contribution in [0, 0.1) is 28.1 Å². The number of rotatable bonds is 7. The Bertz CT molecular complexity index is 2050. The van der Waals surface area contributed by atoms with Crippen LogP contribution in [0.1, 0.15) is 61.5 Å². The third-order valence-electron chi connectivity index (χ3n) is 9.00. The standard InChI is InChI=1S/C32H28F3N9OS/c1-30(2)16-45-9-6-25(30)41-27-19(13-37)14-38-26-18(12-36)10-20(11-22(26)27)40-28(21-4-3-5-23-29(21)46-17-39-23)24-15-44(43-42-24)31(7-8-31)32(33,34)35/h3-5,10-11,14-15,17,25,28,40H,6-9,16H2,1-2H3,(H,38,41)/t25-,28?/m0/s1. The summed E-state index contributed by atoms with van der Waals surface area (Å²) >= 11 is 1.41. The lowest BCUT2D eigenvalue weighted by atomic mass is 9.81. The quantitative estimate of drug-likeness (QED) is 0.199. The van der Waals surface area contributed by atoms with Crippen molar-refractivity contribution in [3.05, 3.63) is 70.6 Å². The van der Waals surface area contributed by atoms with E-state index < -0.39 is 17.8 Å². The number of anilines is 2. The highest BCUT2D eigenvalue weighted by molar-refractivity contribution is 7.17. The molecule has 1 saturated carbocycles. The molecule has 14 heteroatoms. The molecule has 1 aliphatic heterocycles. The van der Waals surface area contributed by atoms with Gasteiger partial charge < -0.3 is 15.4 Å². The van der Waals surface area contributed by atoms with Gasteiger partial charge in [0, 0.05) is 35.3 Å². The number of pyridine rings is 1. The summed E-state index contributed by atoms with van der Waals surface area (Å²) in [5.41, 5.74) is 3.25. The van der Waals surface area contributed by atoms with Crippen molar-refractivity contribution < 1.29 is 17.9 Å². The first-order valence-corrected chi connectivity index (χ1v) is 15.6. The Morgan fingerprint density at radius 1 is 1.13 bits per heavy atom. The second-order valence-electron chi connectivity index (χ2n) is 12.5. The summed E-state index contributed by atoms with van der Waals surface area (Å²) in [6.07, 6.45) is -1.06. The first kappa shape index (κ1) is 29.9. The lowest BCUT2D eigenvalue weighted by molar-refractivity contribution is -0.182. The number of ether oxygens (including phenoxy) is 1. The Balaban J connectivity index is 1.36. The molecule has 0 bridgehead atoms. The van der Waals surface area contributed by atoms with Gasteiger partial charge in [0.2, 0.25) is 0 Å². The molecule has 2 aliphatic rings. The van der Waals surface area contributed by atoms with Gasteiger partial charge in [-0.3, -0.25) is 4.98 Å². The smallest absolute Gasteiger partial charge is 0.381 e. The fourth-order valence-electron chi connectivity index (χ4n) is 6.17. The number of benzene rings is 2. The zero-order valence-corrected chi connectivity index (χ0v) is 25.7. The summed E-state index contributed by atoms with van der Waals surface area (Å²) in [6.45, 7) is 5.31. The average molecular weight is 644 g/mol. The minimum atomic E-state index is -4.47. The van der Waals surface area contributed by atoms with E-state index in [1.165, 1.54) is 23.7 Å². The Morgan fingerprint density at radius 2 is 1.93 bits per heavy atom. The van der Waals surface area contributed by atoms with E-state index in [9.17, 15) is 23.7 Å². The number of fused-ring (bicyclic) bond motifs is 2. The van der Waals surface area contributed by atoms with E-state index in [-0.39, 0.29) is 35.6 Å². The van der Waals surface area contributed by atoms with E-state index in [2.05, 4.69) is 56.9 Å². The molecule has 0 amide bonds. The largest absolute Gasteiger partial charge is 0.413 e. The maximum Gasteiger partial charge on any atom is 0.413 e. The van der Waals surface area contributed by atoms with Crippen molar-refractivity contribution in [1.82, 2.24) is 25.0 Å². The van der Waals surface area contributed by atoms with Gasteiger partial charge in [0.05, 0.1) is 56.9 Å². The fraction of sp³-hybridized carbons (Fsp3) is 0.375. The van der Waals surface area contributed by atoms with Crippen LogP contribution in [-0.2, 0) is 10.3 Å². The van der Waals surface area contributed by atoms with E-state index >= 15 is 0 Å². The molecule has 2 N–H and O–H groups in total. The first-order chi connectivity index (χ1) is 22.0. The van der Waals surface area contributed by atoms with Gasteiger partial charge in [-0.25, -0.2) is 9.67 Å². The highest BCUT2D eigenvalue weighted by atomic mass is 32.1. The third-order valence-corrected chi connectivity index (χ3v) is 9.90. The number of alkyl halides is 3. The van der Waals surface area contributed by atoms with Gasteiger partial charge in [0.1, 0.15) is 17.8 Å². The van der Waals surface area contributed by atoms with E-state index in [1.54, 1.807) is 17.6 Å². The molecule has 1 aliphatic carbocycles.